The van der Waals surface area contributed by atoms with Gasteiger partial charge in [-0.25, -0.2) is 13.8 Å². The normalized spacial score (nSPS) is 11.4. The molecule has 0 atom stereocenters. The molecule has 3 aromatic rings. The quantitative estimate of drug-likeness (QED) is 0.649. The maximum absolute atomic E-state index is 14.2. The van der Waals surface area contributed by atoms with Crippen molar-refractivity contribution in [2.24, 2.45) is 0 Å². The Labute approximate surface area is 161 Å². The molecule has 3 rings (SSSR count). The lowest BCUT2D eigenvalue weighted by molar-refractivity contribution is 0.0981. The van der Waals surface area contributed by atoms with E-state index in [-0.39, 0.29) is 5.56 Å². The molecule has 142 valence electrons. The molecule has 0 spiro atoms. The van der Waals surface area contributed by atoms with Crippen LogP contribution in [0.25, 0.3) is 10.2 Å². The number of benzene rings is 2. The maximum Gasteiger partial charge on any atom is 0.263 e. The van der Waals surface area contributed by atoms with Gasteiger partial charge in [-0.3, -0.25) is 9.69 Å². The molecule has 0 fully saturated rings. The number of rotatable bonds is 5. The monoisotopic (exact) mass is 389 g/mol. The Hall–Kier alpha value is -2.38. The van der Waals surface area contributed by atoms with Gasteiger partial charge in [-0.05, 0) is 57.3 Å². The third-order valence-corrected chi connectivity index (χ3v) is 5.25. The molecular weight excluding hydrogens is 368 g/mol. The van der Waals surface area contributed by atoms with E-state index in [0.717, 1.165) is 33.5 Å². The summed E-state index contributed by atoms with van der Waals surface area (Å²) in [5.41, 5.74) is 2.82. The van der Waals surface area contributed by atoms with Gasteiger partial charge in [0, 0.05) is 19.2 Å². The van der Waals surface area contributed by atoms with Gasteiger partial charge in [0.25, 0.3) is 5.91 Å². The van der Waals surface area contributed by atoms with Crippen LogP contribution in [0.3, 0.4) is 0 Å². The molecule has 1 amide bonds. The Morgan fingerprint density at radius 1 is 1.11 bits per heavy atom. The predicted molar refractivity (Wildman–Crippen MR) is 106 cm³/mol. The highest BCUT2D eigenvalue weighted by molar-refractivity contribution is 7.22. The van der Waals surface area contributed by atoms with E-state index in [1.807, 2.05) is 45.0 Å². The summed E-state index contributed by atoms with van der Waals surface area (Å²) in [6, 6.07) is 7.06. The largest absolute Gasteiger partial charge is 0.308 e. The smallest absolute Gasteiger partial charge is 0.263 e. The molecule has 0 N–H and O–H groups in total. The van der Waals surface area contributed by atoms with Gasteiger partial charge >= 0.3 is 0 Å². The van der Waals surface area contributed by atoms with Gasteiger partial charge in [0.1, 0.15) is 11.6 Å². The Morgan fingerprint density at radius 3 is 2.52 bits per heavy atom. The van der Waals surface area contributed by atoms with Crippen molar-refractivity contribution in [2.75, 3.05) is 32.1 Å². The second-order valence-electron chi connectivity index (χ2n) is 6.81. The molecule has 0 unspecified atom stereocenters. The minimum atomic E-state index is -0.872. The maximum atomic E-state index is 14.2. The molecule has 4 nitrogen and oxygen atoms in total. The highest BCUT2D eigenvalue weighted by Crippen LogP contribution is 2.32. The van der Waals surface area contributed by atoms with Gasteiger partial charge in [0.2, 0.25) is 0 Å². The van der Waals surface area contributed by atoms with Crippen LogP contribution in [0.2, 0.25) is 0 Å². The lowest BCUT2D eigenvalue weighted by Gasteiger charge is -2.22. The van der Waals surface area contributed by atoms with Crippen molar-refractivity contribution in [3.05, 3.63) is 58.7 Å². The van der Waals surface area contributed by atoms with Crippen LogP contribution in [-0.4, -0.2) is 43.0 Å². The zero-order valence-electron chi connectivity index (χ0n) is 15.7. The van der Waals surface area contributed by atoms with Crippen LogP contribution in [0.4, 0.5) is 13.9 Å². The molecule has 7 heteroatoms. The SMILES string of the molecule is Cc1cc(C)c2nc(N(CCN(C)C)C(=O)c3ccc(F)cc3F)sc2c1. The third-order valence-electron chi connectivity index (χ3n) is 4.23. The number of halogens is 2. The first-order chi connectivity index (χ1) is 12.8. The van der Waals surface area contributed by atoms with Crippen molar-refractivity contribution in [2.45, 2.75) is 13.8 Å². The van der Waals surface area contributed by atoms with Crippen LogP contribution in [0, 0.1) is 25.5 Å². The van der Waals surface area contributed by atoms with Crippen LogP contribution < -0.4 is 4.90 Å². The zero-order valence-corrected chi connectivity index (χ0v) is 16.5. The van der Waals surface area contributed by atoms with Gasteiger partial charge < -0.3 is 4.90 Å². The fraction of sp³-hybridized carbons (Fsp3) is 0.300. The number of likely N-dealkylation sites (N-methyl/N-ethyl adjacent to an activating group) is 1. The van der Waals surface area contributed by atoms with E-state index in [2.05, 4.69) is 4.98 Å². The summed E-state index contributed by atoms with van der Waals surface area (Å²) < 4.78 is 28.4. The number of thiazole rings is 1. The number of hydrogen-bond acceptors (Lipinski definition) is 4. The lowest BCUT2D eigenvalue weighted by Crippen LogP contribution is -2.37. The van der Waals surface area contributed by atoms with Crippen molar-refractivity contribution in [3.63, 3.8) is 0 Å². The summed E-state index contributed by atoms with van der Waals surface area (Å²) in [7, 11) is 3.79. The number of anilines is 1. The predicted octanol–water partition coefficient (Wildman–Crippen LogP) is 4.40. The van der Waals surface area contributed by atoms with Crippen LogP contribution in [-0.2, 0) is 0 Å². The number of aromatic nitrogens is 1. The second kappa shape index (κ2) is 7.70. The minimum absolute atomic E-state index is 0.165. The number of fused-ring (bicyclic) bond motifs is 1. The number of aryl methyl sites for hydroxylation is 2. The topological polar surface area (TPSA) is 36.4 Å². The number of carbonyl (C=O) groups is 1. The number of nitrogens with zero attached hydrogens (tertiary/aromatic N) is 3. The second-order valence-corrected chi connectivity index (χ2v) is 7.82. The molecule has 2 aromatic carbocycles. The van der Waals surface area contributed by atoms with E-state index in [1.165, 1.54) is 22.3 Å². The minimum Gasteiger partial charge on any atom is -0.308 e. The fourth-order valence-electron chi connectivity index (χ4n) is 2.87. The van der Waals surface area contributed by atoms with Gasteiger partial charge in [-0.15, -0.1) is 0 Å². The van der Waals surface area contributed by atoms with E-state index < -0.39 is 17.5 Å². The number of amides is 1. The van der Waals surface area contributed by atoms with Crippen molar-refractivity contribution in [1.29, 1.82) is 0 Å². The summed E-state index contributed by atoms with van der Waals surface area (Å²) in [6.07, 6.45) is 0. The summed E-state index contributed by atoms with van der Waals surface area (Å²) in [4.78, 5) is 21.1. The standard InChI is InChI=1S/C20H21F2N3OS/c1-12-9-13(2)18-17(10-12)27-20(23-18)25(8-7-24(3)4)19(26)15-6-5-14(21)11-16(15)22/h5-6,9-11H,7-8H2,1-4H3. The summed E-state index contributed by atoms with van der Waals surface area (Å²) in [5.74, 6) is -2.11. The Bertz CT molecular complexity index is 1000. The van der Waals surface area contributed by atoms with Crippen molar-refractivity contribution in [1.82, 2.24) is 9.88 Å². The Morgan fingerprint density at radius 2 is 1.85 bits per heavy atom. The average molecular weight is 389 g/mol. The zero-order chi connectivity index (χ0) is 19.7. The Balaban J connectivity index is 2.05. The van der Waals surface area contributed by atoms with Crippen LogP contribution in [0.1, 0.15) is 21.5 Å². The molecule has 0 aliphatic carbocycles. The fourth-order valence-corrected chi connectivity index (χ4v) is 4.03. The molecule has 1 aromatic heterocycles. The van der Waals surface area contributed by atoms with Crippen molar-refractivity contribution < 1.29 is 13.6 Å². The van der Waals surface area contributed by atoms with Crippen LogP contribution >= 0.6 is 11.3 Å². The molecule has 0 saturated carbocycles. The molecule has 0 saturated heterocycles. The van der Waals surface area contributed by atoms with Crippen LogP contribution in [0.15, 0.2) is 30.3 Å². The molecule has 27 heavy (non-hydrogen) atoms. The summed E-state index contributed by atoms with van der Waals surface area (Å²) >= 11 is 1.40. The molecule has 1 heterocycles. The molecule has 0 aliphatic rings. The van der Waals surface area contributed by atoms with E-state index in [4.69, 9.17) is 0 Å². The van der Waals surface area contributed by atoms with E-state index in [0.29, 0.717) is 18.2 Å². The highest BCUT2D eigenvalue weighted by Gasteiger charge is 2.24. The molecular formula is C20H21F2N3OS. The van der Waals surface area contributed by atoms with Gasteiger partial charge in [0.05, 0.1) is 15.8 Å². The first-order valence-corrected chi connectivity index (χ1v) is 9.37. The average Bonchev–Trinajstić information content (AvgIpc) is 2.98. The van der Waals surface area contributed by atoms with E-state index >= 15 is 0 Å². The molecule has 0 bridgehead atoms. The lowest BCUT2D eigenvalue weighted by atomic mass is 10.1. The van der Waals surface area contributed by atoms with E-state index in [1.54, 1.807) is 0 Å². The third kappa shape index (κ3) is 4.14. The molecule has 0 aliphatic heterocycles. The number of carbonyl (C=O) groups excluding carboxylic acids is 1. The van der Waals surface area contributed by atoms with E-state index in [9.17, 15) is 13.6 Å². The Kier molecular flexibility index (Phi) is 5.53. The first kappa shape index (κ1) is 19.4. The summed E-state index contributed by atoms with van der Waals surface area (Å²) in [5, 5.41) is 0.509. The first-order valence-electron chi connectivity index (χ1n) is 8.55. The van der Waals surface area contributed by atoms with Gasteiger partial charge in [-0.2, -0.15) is 0 Å². The van der Waals surface area contributed by atoms with Crippen molar-refractivity contribution in [3.8, 4) is 0 Å². The highest BCUT2D eigenvalue weighted by atomic mass is 32.1. The van der Waals surface area contributed by atoms with Gasteiger partial charge in [0.15, 0.2) is 5.13 Å². The van der Waals surface area contributed by atoms with Crippen molar-refractivity contribution >= 4 is 32.6 Å². The number of hydrogen-bond donors (Lipinski definition) is 0. The van der Waals surface area contributed by atoms with Gasteiger partial charge in [-0.1, -0.05) is 17.4 Å². The van der Waals surface area contributed by atoms with Crippen LogP contribution in [0.5, 0.6) is 0 Å². The summed E-state index contributed by atoms with van der Waals surface area (Å²) in [6.45, 7) is 4.92. The molecule has 0 radical (unpaired) electrons.